The summed E-state index contributed by atoms with van der Waals surface area (Å²) in [5, 5.41) is 2.85. The summed E-state index contributed by atoms with van der Waals surface area (Å²) in [5.74, 6) is 9.60. The summed E-state index contributed by atoms with van der Waals surface area (Å²) in [5.41, 5.74) is 0. The van der Waals surface area contributed by atoms with Crippen LogP contribution in [0.15, 0.2) is 0 Å². The van der Waals surface area contributed by atoms with Crippen LogP contribution in [0.4, 0.5) is 0 Å². The van der Waals surface area contributed by atoms with Crippen molar-refractivity contribution in [3.05, 3.63) is 0 Å². The van der Waals surface area contributed by atoms with Crippen molar-refractivity contribution >= 4 is 5.91 Å². The van der Waals surface area contributed by atoms with E-state index >= 15 is 0 Å². The van der Waals surface area contributed by atoms with Crippen LogP contribution < -0.4 is 5.32 Å². The number of hydrogen-bond donors (Lipinski definition) is 1. The second kappa shape index (κ2) is 44.6. The predicted octanol–water partition coefficient (Wildman–Crippen LogP) is -0.188. The lowest BCUT2D eigenvalue weighted by Gasteiger charge is -2.22. The van der Waals surface area contributed by atoms with Gasteiger partial charge in [0.25, 0.3) is 0 Å². The molecule has 0 spiro atoms. The Morgan fingerprint density at radius 2 is 0.630 bits per heavy atom. The number of nitrogens with zero attached hydrogens (tertiary/aromatic N) is 2. The minimum absolute atomic E-state index is 0.0989. The molecule has 1 amide bonds. The van der Waals surface area contributed by atoms with Crippen molar-refractivity contribution in [2.75, 3.05) is 191 Å². The summed E-state index contributed by atoms with van der Waals surface area (Å²) < 4.78 is 60.5. The summed E-state index contributed by atoms with van der Waals surface area (Å²) in [6, 6.07) is 0. The minimum Gasteiger partial charge on any atom is -0.379 e. The number of carbonyl (C=O) groups excluding carboxylic acids is 1. The van der Waals surface area contributed by atoms with Gasteiger partial charge in [-0.1, -0.05) is 23.7 Å². The van der Waals surface area contributed by atoms with Crippen LogP contribution in [0.5, 0.6) is 0 Å². The molecule has 15 heteroatoms. The van der Waals surface area contributed by atoms with Crippen LogP contribution in [-0.2, 0) is 56.9 Å². The maximum absolute atomic E-state index is 12.2. The maximum atomic E-state index is 12.2. The lowest BCUT2D eigenvalue weighted by molar-refractivity contribution is -0.122. The van der Waals surface area contributed by atoms with Gasteiger partial charge in [0.05, 0.1) is 119 Å². The Hall–Kier alpha value is -2.81. The van der Waals surface area contributed by atoms with Crippen LogP contribution in [0.25, 0.3) is 0 Å². The van der Waals surface area contributed by atoms with Gasteiger partial charge >= 0.3 is 0 Å². The van der Waals surface area contributed by atoms with Gasteiger partial charge in [0, 0.05) is 52.2 Å². The molecule has 0 aliphatic heterocycles. The van der Waals surface area contributed by atoms with E-state index in [1.165, 1.54) is 0 Å². The molecule has 0 saturated carbocycles. The van der Waals surface area contributed by atoms with Gasteiger partial charge in [-0.3, -0.25) is 14.6 Å². The Kier molecular flexibility index (Phi) is 42.3. The van der Waals surface area contributed by atoms with Gasteiger partial charge in [0.15, 0.2) is 0 Å². The molecule has 0 aromatic carbocycles. The number of carbonyl (C=O) groups is 1. The fourth-order valence-electron chi connectivity index (χ4n) is 4.18. The van der Waals surface area contributed by atoms with Gasteiger partial charge in [-0.2, -0.15) is 0 Å². The topological polar surface area (TPSA) is 137 Å². The zero-order valence-corrected chi connectivity index (χ0v) is 32.3. The monoisotopic (exact) mass is 767 g/mol. The van der Waals surface area contributed by atoms with Gasteiger partial charge < -0.3 is 57.4 Å². The molecule has 0 bridgehead atoms. The maximum Gasteiger partial charge on any atom is 0.222 e. The Balaban J connectivity index is 4.06. The highest BCUT2D eigenvalue weighted by molar-refractivity contribution is 5.75. The first-order valence-corrected chi connectivity index (χ1v) is 18.5. The Bertz CT molecular complexity index is 939. The van der Waals surface area contributed by atoms with Gasteiger partial charge in [0.1, 0.15) is 26.4 Å². The van der Waals surface area contributed by atoms with Crippen LogP contribution in [0.3, 0.4) is 0 Å². The molecule has 1 N–H and O–H groups in total. The standard InChI is InChI=1S/C39H65N3O12/c1-5-17-44-29-34-50-24-12-41(13-25-51-35-30-45-18-6-2)11-23-49-22-10-40-39(43)9-21-48-33-38-54-28-16-42(14-26-52-36-31-46-19-7-3)15-27-53-37-32-47-20-8-4/h1-4H,9-38H2,(H,40,43). The number of rotatable bonds is 43. The molecule has 0 heterocycles. The highest BCUT2D eigenvalue weighted by Crippen LogP contribution is 1.95. The molecule has 0 fully saturated rings. The first-order valence-electron chi connectivity index (χ1n) is 18.5. The number of terminal acetylenes is 4. The third kappa shape index (κ3) is 40.4. The number of nitrogens with one attached hydrogen (secondary N) is 1. The molecule has 0 atom stereocenters. The summed E-state index contributed by atoms with van der Waals surface area (Å²) in [4.78, 5) is 16.6. The van der Waals surface area contributed by atoms with Crippen LogP contribution in [0.1, 0.15) is 6.42 Å². The average molecular weight is 768 g/mol. The highest BCUT2D eigenvalue weighted by Gasteiger charge is 2.08. The van der Waals surface area contributed by atoms with Crippen molar-refractivity contribution in [1.29, 1.82) is 0 Å². The molecule has 0 saturated heterocycles. The smallest absolute Gasteiger partial charge is 0.222 e. The van der Waals surface area contributed by atoms with Crippen LogP contribution >= 0.6 is 0 Å². The van der Waals surface area contributed by atoms with E-state index in [0.717, 1.165) is 0 Å². The molecule has 54 heavy (non-hydrogen) atoms. The average Bonchev–Trinajstić information content (AvgIpc) is 3.18. The number of ether oxygens (including phenoxy) is 11. The van der Waals surface area contributed by atoms with Crippen molar-refractivity contribution in [1.82, 2.24) is 15.1 Å². The second-order valence-corrected chi connectivity index (χ2v) is 11.1. The SMILES string of the molecule is C#CCOCCOCCN(CCOCCNC(=O)CCOCCOCCN(CCOCCOCC#C)CCOCCOCC#C)CCOCCOCC#C. The summed E-state index contributed by atoms with van der Waals surface area (Å²) in [6.45, 7) is 14.2. The third-order valence-electron chi connectivity index (χ3n) is 6.95. The fourth-order valence-corrected chi connectivity index (χ4v) is 4.18. The summed E-state index contributed by atoms with van der Waals surface area (Å²) in [7, 11) is 0. The van der Waals surface area contributed by atoms with E-state index < -0.39 is 0 Å². The number of amides is 1. The van der Waals surface area contributed by atoms with E-state index in [1.807, 2.05) is 0 Å². The Labute approximate surface area is 324 Å². The quantitative estimate of drug-likeness (QED) is 0.0649. The molecule has 308 valence electrons. The first-order chi connectivity index (χ1) is 26.7. The van der Waals surface area contributed by atoms with Crippen molar-refractivity contribution in [3.8, 4) is 49.4 Å². The zero-order valence-electron chi connectivity index (χ0n) is 32.3. The van der Waals surface area contributed by atoms with Gasteiger partial charge in [-0.05, 0) is 0 Å². The van der Waals surface area contributed by atoms with E-state index in [4.69, 9.17) is 77.8 Å². The zero-order chi connectivity index (χ0) is 39.3. The fraction of sp³-hybridized carbons (Fsp3) is 0.769. The lowest BCUT2D eigenvalue weighted by Crippen LogP contribution is -2.35. The molecule has 15 nitrogen and oxygen atoms in total. The normalized spacial score (nSPS) is 11.0. The second-order valence-electron chi connectivity index (χ2n) is 11.1. The van der Waals surface area contributed by atoms with Crippen LogP contribution in [0.2, 0.25) is 0 Å². The minimum atomic E-state index is -0.0989. The number of hydrogen-bond acceptors (Lipinski definition) is 14. The van der Waals surface area contributed by atoms with E-state index in [0.29, 0.717) is 165 Å². The molecule has 0 unspecified atom stereocenters. The first kappa shape index (κ1) is 51.2. The molecule has 0 rings (SSSR count). The molecule has 0 aromatic rings. The Morgan fingerprint density at radius 3 is 0.926 bits per heavy atom. The predicted molar refractivity (Wildman–Crippen MR) is 205 cm³/mol. The van der Waals surface area contributed by atoms with E-state index in [9.17, 15) is 4.79 Å². The molecule has 0 aromatic heterocycles. The van der Waals surface area contributed by atoms with Gasteiger partial charge in [-0.15, -0.1) is 25.7 Å². The van der Waals surface area contributed by atoms with Crippen molar-refractivity contribution < 1.29 is 56.9 Å². The summed E-state index contributed by atoms with van der Waals surface area (Å²) in [6.07, 6.45) is 21.0. The largest absolute Gasteiger partial charge is 0.379 e. The van der Waals surface area contributed by atoms with E-state index in [-0.39, 0.29) is 38.8 Å². The van der Waals surface area contributed by atoms with Gasteiger partial charge in [0.2, 0.25) is 5.91 Å². The molecular formula is C39H65N3O12. The van der Waals surface area contributed by atoms with E-state index in [1.54, 1.807) is 0 Å². The van der Waals surface area contributed by atoms with Crippen LogP contribution in [0, 0.1) is 49.4 Å². The third-order valence-corrected chi connectivity index (χ3v) is 6.95. The molecule has 0 radical (unpaired) electrons. The van der Waals surface area contributed by atoms with Crippen LogP contribution in [-0.4, -0.2) is 207 Å². The van der Waals surface area contributed by atoms with E-state index in [2.05, 4.69) is 38.8 Å². The van der Waals surface area contributed by atoms with Crippen molar-refractivity contribution in [3.63, 3.8) is 0 Å². The lowest BCUT2D eigenvalue weighted by atomic mass is 10.4. The van der Waals surface area contributed by atoms with Gasteiger partial charge in [-0.25, -0.2) is 0 Å². The molecule has 0 aliphatic carbocycles. The Morgan fingerprint density at radius 1 is 0.370 bits per heavy atom. The van der Waals surface area contributed by atoms with Crippen molar-refractivity contribution in [2.45, 2.75) is 6.42 Å². The molecule has 0 aliphatic rings. The molecular weight excluding hydrogens is 702 g/mol. The van der Waals surface area contributed by atoms with Crippen molar-refractivity contribution in [2.24, 2.45) is 0 Å². The summed E-state index contributed by atoms with van der Waals surface area (Å²) >= 11 is 0. The highest BCUT2D eigenvalue weighted by atomic mass is 16.5.